The summed E-state index contributed by atoms with van der Waals surface area (Å²) in [5, 5.41) is 15.0. The normalized spacial score (nSPS) is 11.2. The molecule has 0 saturated carbocycles. The van der Waals surface area contributed by atoms with Gasteiger partial charge in [0.25, 0.3) is 5.91 Å². The van der Waals surface area contributed by atoms with E-state index in [2.05, 4.69) is 24.5 Å². The van der Waals surface area contributed by atoms with Crippen LogP contribution < -0.4 is 10.6 Å². The molecule has 1 heterocycles. The van der Waals surface area contributed by atoms with Crippen LogP contribution in [0.1, 0.15) is 36.7 Å². The Bertz CT molecular complexity index is 768. The van der Waals surface area contributed by atoms with E-state index >= 15 is 0 Å². The van der Waals surface area contributed by atoms with Crippen LogP contribution in [0.15, 0.2) is 52.8 Å². The Morgan fingerprint density at radius 1 is 1.33 bits per heavy atom. The number of carbonyl (C=O) groups excluding carboxylic acids is 1. The van der Waals surface area contributed by atoms with E-state index < -0.39 is 5.91 Å². The van der Waals surface area contributed by atoms with E-state index in [1.54, 1.807) is 12.1 Å². The van der Waals surface area contributed by atoms with Crippen LogP contribution in [-0.4, -0.2) is 5.91 Å². The fourth-order valence-electron chi connectivity index (χ4n) is 2.34. The van der Waals surface area contributed by atoms with Gasteiger partial charge in [-0.25, -0.2) is 0 Å². The summed E-state index contributed by atoms with van der Waals surface area (Å²) in [6.07, 6.45) is 2.99. The van der Waals surface area contributed by atoms with Crippen molar-refractivity contribution < 1.29 is 9.21 Å². The first-order valence-corrected chi connectivity index (χ1v) is 7.79. The van der Waals surface area contributed by atoms with Crippen LogP contribution in [0.4, 0.5) is 5.69 Å². The summed E-state index contributed by atoms with van der Waals surface area (Å²) in [6, 6.07) is 11.5. The number of furan rings is 1. The van der Waals surface area contributed by atoms with Gasteiger partial charge in [-0.15, -0.1) is 0 Å². The smallest absolute Gasteiger partial charge is 0.263 e. The first-order chi connectivity index (χ1) is 11.5. The van der Waals surface area contributed by atoms with E-state index in [0.29, 0.717) is 11.7 Å². The average molecular weight is 323 g/mol. The quantitative estimate of drug-likeness (QED) is 0.625. The predicted octanol–water partition coefficient (Wildman–Crippen LogP) is 3.85. The van der Waals surface area contributed by atoms with Crippen molar-refractivity contribution in [3.8, 4) is 6.07 Å². The zero-order chi connectivity index (χ0) is 17.5. The van der Waals surface area contributed by atoms with E-state index in [9.17, 15) is 10.1 Å². The molecule has 5 heteroatoms. The van der Waals surface area contributed by atoms with Crippen LogP contribution in [0.3, 0.4) is 0 Å². The maximum atomic E-state index is 12.1. The second kappa shape index (κ2) is 8.02. The van der Waals surface area contributed by atoms with Gasteiger partial charge >= 0.3 is 0 Å². The minimum atomic E-state index is -0.443. The summed E-state index contributed by atoms with van der Waals surface area (Å²) >= 11 is 0. The van der Waals surface area contributed by atoms with Crippen LogP contribution in [-0.2, 0) is 11.3 Å². The van der Waals surface area contributed by atoms with Crippen molar-refractivity contribution in [2.24, 2.45) is 0 Å². The number of para-hydroxylation sites is 1. The number of benzene rings is 1. The van der Waals surface area contributed by atoms with Crippen molar-refractivity contribution in [2.45, 2.75) is 33.2 Å². The van der Waals surface area contributed by atoms with Crippen molar-refractivity contribution in [3.63, 3.8) is 0 Å². The van der Waals surface area contributed by atoms with E-state index in [1.165, 1.54) is 12.5 Å². The number of nitrogens with one attached hydrogen (secondary N) is 2. The molecular formula is C19H21N3O2. The third-order valence-corrected chi connectivity index (χ3v) is 3.66. The van der Waals surface area contributed by atoms with Gasteiger partial charge in [0.15, 0.2) is 0 Å². The molecule has 0 radical (unpaired) electrons. The SMILES string of the molecule is Cc1cccc(C(C)C)c1N/C=C(/C#N)C(=O)NCc1ccco1. The Balaban J connectivity index is 2.11. The molecule has 0 saturated heterocycles. The molecule has 124 valence electrons. The fraction of sp³-hybridized carbons (Fsp3) is 0.263. The summed E-state index contributed by atoms with van der Waals surface area (Å²) < 4.78 is 5.15. The van der Waals surface area contributed by atoms with Crippen LogP contribution in [0, 0.1) is 18.3 Å². The van der Waals surface area contributed by atoms with E-state index in [4.69, 9.17) is 4.42 Å². The Morgan fingerprint density at radius 3 is 2.75 bits per heavy atom. The molecule has 0 atom stereocenters. The molecule has 0 aliphatic heterocycles. The van der Waals surface area contributed by atoms with Crippen LogP contribution >= 0.6 is 0 Å². The van der Waals surface area contributed by atoms with E-state index in [1.807, 2.05) is 31.2 Å². The first-order valence-electron chi connectivity index (χ1n) is 7.79. The molecule has 2 rings (SSSR count). The highest BCUT2D eigenvalue weighted by Crippen LogP contribution is 2.27. The van der Waals surface area contributed by atoms with Crippen molar-refractivity contribution in [1.29, 1.82) is 5.26 Å². The minimum Gasteiger partial charge on any atom is -0.467 e. The number of hydrogen-bond acceptors (Lipinski definition) is 4. The van der Waals surface area contributed by atoms with Gasteiger partial charge in [0.05, 0.1) is 12.8 Å². The molecule has 0 aliphatic rings. The summed E-state index contributed by atoms with van der Waals surface area (Å²) in [4.78, 5) is 12.1. The zero-order valence-electron chi connectivity index (χ0n) is 14.1. The number of carbonyl (C=O) groups is 1. The molecule has 0 aliphatic carbocycles. The van der Waals surface area contributed by atoms with Gasteiger partial charge in [0.2, 0.25) is 0 Å². The van der Waals surface area contributed by atoms with Gasteiger partial charge in [-0.05, 0) is 36.1 Å². The van der Waals surface area contributed by atoms with Crippen LogP contribution in [0.5, 0.6) is 0 Å². The number of hydrogen-bond donors (Lipinski definition) is 2. The van der Waals surface area contributed by atoms with Crippen molar-refractivity contribution in [1.82, 2.24) is 5.32 Å². The standard InChI is InChI=1S/C19H21N3O2/c1-13(2)17-8-4-6-14(3)18(17)21-11-15(10-20)19(23)22-12-16-7-5-9-24-16/h4-9,11,13,21H,12H2,1-3H3,(H,22,23)/b15-11-. The number of aryl methyl sites for hydroxylation is 1. The van der Waals surface area contributed by atoms with Crippen LogP contribution in [0.2, 0.25) is 0 Å². The summed E-state index contributed by atoms with van der Waals surface area (Å²) in [5.74, 6) is 0.523. The highest BCUT2D eigenvalue weighted by Gasteiger charge is 2.11. The molecule has 1 amide bonds. The molecular weight excluding hydrogens is 302 g/mol. The maximum Gasteiger partial charge on any atom is 0.263 e. The highest BCUT2D eigenvalue weighted by atomic mass is 16.3. The Kier molecular flexibility index (Phi) is 5.80. The number of rotatable bonds is 6. The summed E-state index contributed by atoms with van der Waals surface area (Å²) in [6.45, 7) is 6.44. The van der Waals surface area contributed by atoms with Gasteiger partial charge in [-0.2, -0.15) is 5.26 Å². The summed E-state index contributed by atoms with van der Waals surface area (Å²) in [7, 11) is 0. The van der Waals surface area contributed by atoms with E-state index in [0.717, 1.165) is 16.8 Å². The lowest BCUT2D eigenvalue weighted by molar-refractivity contribution is -0.117. The molecule has 0 unspecified atom stereocenters. The van der Waals surface area contributed by atoms with Gasteiger partial charge in [-0.3, -0.25) is 4.79 Å². The molecule has 1 aromatic heterocycles. The Morgan fingerprint density at radius 2 is 2.12 bits per heavy atom. The lowest BCUT2D eigenvalue weighted by Crippen LogP contribution is -2.24. The summed E-state index contributed by atoms with van der Waals surface area (Å²) in [5.41, 5.74) is 3.14. The second-order valence-corrected chi connectivity index (χ2v) is 5.77. The topological polar surface area (TPSA) is 78.1 Å². The monoisotopic (exact) mass is 323 g/mol. The molecule has 24 heavy (non-hydrogen) atoms. The molecule has 0 bridgehead atoms. The van der Waals surface area contributed by atoms with Crippen LogP contribution in [0.25, 0.3) is 0 Å². The highest BCUT2D eigenvalue weighted by molar-refractivity contribution is 5.97. The Labute approximate surface area is 142 Å². The van der Waals surface area contributed by atoms with Crippen molar-refractivity contribution in [3.05, 3.63) is 65.3 Å². The average Bonchev–Trinajstić information content (AvgIpc) is 3.07. The molecule has 2 N–H and O–H groups in total. The molecule has 1 aromatic carbocycles. The molecule has 0 fully saturated rings. The number of nitrogens with zero attached hydrogens (tertiary/aromatic N) is 1. The maximum absolute atomic E-state index is 12.1. The predicted molar refractivity (Wildman–Crippen MR) is 93.1 cm³/mol. The van der Waals surface area contributed by atoms with Gasteiger partial charge < -0.3 is 15.1 Å². The zero-order valence-corrected chi connectivity index (χ0v) is 14.1. The van der Waals surface area contributed by atoms with Gasteiger partial charge in [0, 0.05) is 11.9 Å². The third-order valence-electron chi connectivity index (χ3n) is 3.66. The molecule has 2 aromatic rings. The third kappa shape index (κ3) is 4.26. The van der Waals surface area contributed by atoms with Gasteiger partial charge in [-0.1, -0.05) is 32.0 Å². The first kappa shape index (κ1) is 17.4. The lowest BCUT2D eigenvalue weighted by atomic mass is 9.98. The number of nitriles is 1. The Hall–Kier alpha value is -3.00. The van der Waals surface area contributed by atoms with Crippen molar-refractivity contribution >= 4 is 11.6 Å². The van der Waals surface area contributed by atoms with Gasteiger partial charge in [0.1, 0.15) is 17.4 Å². The fourth-order valence-corrected chi connectivity index (χ4v) is 2.34. The minimum absolute atomic E-state index is 0.0134. The number of anilines is 1. The second-order valence-electron chi connectivity index (χ2n) is 5.77. The molecule has 0 spiro atoms. The largest absolute Gasteiger partial charge is 0.467 e. The number of amides is 1. The molecule has 5 nitrogen and oxygen atoms in total. The van der Waals surface area contributed by atoms with E-state index in [-0.39, 0.29) is 12.1 Å². The van der Waals surface area contributed by atoms with Crippen molar-refractivity contribution in [2.75, 3.05) is 5.32 Å². The lowest BCUT2D eigenvalue weighted by Gasteiger charge is -2.15.